The van der Waals surface area contributed by atoms with Crippen molar-refractivity contribution in [1.29, 1.82) is 0 Å². The van der Waals surface area contributed by atoms with Crippen molar-refractivity contribution in [3.8, 4) is 0 Å². The monoisotopic (exact) mass is 588 g/mol. The van der Waals surface area contributed by atoms with Crippen LogP contribution < -0.4 is 5.32 Å². The molecule has 4 aromatic rings. The maximum absolute atomic E-state index is 13.3. The number of halogens is 2. The Morgan fingerprint density at radius 1 is 1.12 bits per heavy atom. The third-order valence-corrected chi connectivity index (χ3v) is 8.75. The second-order valence-corrected chi connectivity index (χ2v) is 11.1. The van der Waals surface area contributed by atoms with Crippen molar-refractivity contribution >= 4 is 54.3 Å². The van der Waals surface area contributed by atoms with E-state index in [4.69, 9.17) is 4.98 Å². The highest BCUT2D eigenvalue weighted by atomic mass is 79.9. The van der Waals surface area contributed by atoms with Gasteiger partial charge in [0.2, 0.25) is 0 Å². The van der Waals surface area contributed by atoms with Crippen LogP contribution in [-0.2, 0) is 17.5 Å². The van der Waals surface area contributed by atoms with Crippen LogP contribution in [0.2, 0.25) is 0 Å². The Kier molecular flexibility index (Phi) is 6.86. The molecule has 4 heterocycles. The van der Waals surface area contributed by atoms with E-state index in [-0.39, 0.29) is 5.92 Å². The van der Waals surface area contributed by atoms with Gasteiger partial charge in [0.05, 0.1) is 21.3 Å². The van der Waals surface area contributed by atoms with Crippen molar-refractivity contribution < 1.29 is 4.21 Å². The fraction of sp³-hybridized carbons (Fsp3) is 0.261. The van der Waals surface area contributed by atoms with Crippen molar-refractivity contribution in [2.24, 2.45) is 0 Å². The highest BCUT2D eigenvalue weighted by molar-refractivity contribution is 9.11. The van der Waals surface area contributed by atoms with Crippen LogP contribution in [0.4, 0.5) is 5.82 Å². The molecule has 170 valence electrons. The summed E-state index contributed by atoms with van der Waals surface area (Å²) >= 11 is 7.12. The molecule has 33 heavy (non-hydrogen) atoms. The molecule has 1 N–H and O–H groups in total. The van der Waals surface area contributed by atoms with Crippen LogP contribution in [0.25, 0.3) is 5.65 Å². The summed E-state index contributed by atoms with van der Waals surface area (Å²) in [6.07, 6.45) is 7.34. The number of fused-ring (bicyclic) bond motifs is 1. The minimum Gasteiger partial charge on any atom is -0.366 e. The van der Waals surface area contributed by atoms with Crippen molar-refractivity contribution in [3.05, 3.63) is 81.3 Å². The van der Waals surface area contributed by atoms with Gasteiger partial charge in [-0.05, 0) is 68.5 Å². The highest BCUT2D eigenvalue weighted by Crippen LogP contribution is 2.32. The number of nitrogens with zero attached hydrogens (tertiary/aromatic N) is 5. The van der Waals surface area contributed by atoms with E-state index in [9.17, 15) is 4.21 Å². The number of benzene rings is 1. The summed E-state index contributed by atoms with van der Waals surface area (Å²) in [4.78, 5) is 9.92. The van der Waals surface area contributed by atoms with Crippen molar-refractivity contribution in [2.45, 2.75) is 30.2 Å². The summed E-state index contributed by atoms with van der Waals surface area (Å²) in [7, 11) is -1.22. The SMILES string of the molecule is O=S(c1ccccc1Br)N1CCCC(c2cc(NCc3cccnc3)n3ncc(Br)c3n2)C1. The largest absolute Gasteiger partial charge is 0.366 e. The second kappa shape index (κ2) is 10.0. The van der Waals surface area contributed by atoms with Gasteiger partial charge in [-0.15, -0.1) is 0 Å². The molecule has 0 spiro atoms. The number of nitrogens with one attached hydrogen (secondary N) is 1. The van der Waals surface area contributed by atoms with Gasteiger partial charge in [-0.25, -0.2) is 13.5 Å². The number of rotatable bonds is 6. The van der Waals surface area contributed by atoms with Gasteiger partial charge in [-0.2, -0.15) is 9.61 Å². The van der Waals surface area contributed by atoms with Crippen LogP contribution in [0.5, 0.6) is 0 Å². The predicted octanol–water partition coefficient (Wildman–Crippen LogP) is 5.16. The molecule has 1 aromatic carbocycles. The molecule has 0 aliphatic carbocycles. The van der Waals surface area contributed by atoms with Gasteiger partial charge in [-0.1, -0.05) is 18.2 Å². The summed E-state index contributed by atoms with van der Waals surface area (Å²) < 4.78 is 18.9. The average Bonchev–Trinajstić information content (AvgIpc) is 3.24. The maximum Gasteiger partial charge on any atom is 0.171 e. The topological polar surface area (TPSA) is 75.4 Å². The Bertz CT molecular complexity index is 1300. The quantitative estimate of drug-likeness (QED) is 0.336. The van der Waals surface area contributed by atoms with E-state index >= 15 is 0 Å². The molecule has 2 unspecified atom stereocenters. The zero-order valence-corrected chi connectivity index (χ0v) is 21.7. The predicted molar refractivity (Wildman–Crippen MR) is 136 cm³/mol. The Morgan fingerprint density at radius 2 is 2.00 bits per heavy atom. The number of pyridine rings is 1. The molecule has 1 fully saturated rings. The molecule has 0 bridgehead atoms. The van der Waals surface area contributed by atoms with E-state index < -0.39 is 11.0 Å². The lowest BCUT2D eigenvalue weighted by Gasteiger charge is -2.31. The molecule has 1 saturated heterocycles. The molecule has 7 nitrogen and oxygen atoms in total. The molecule has 10 heteroatoms. The Labute approximate surface area is 211 Å². The lowest BCUT2D eigenvalue weighted by Crippen LogP contribution is -2.36. The van der Waals surface area contributed by atoms with E-state index in [2.05, 4.69) is 53.3 Å². The highest BCUT2D eigenvalue weighted by Gasteiger charge is 2.28. The molecular formula is C23H22Br2N6OS. The third-order valence-electron chi connectivity index (χ3n) is 5.71. The Morgan fingerprint density at radius 3 is 2.82 bits per heavy atom. The lowest BCUT2D eigenvalue weighted by atomic mass is 9.96. The van der Waals surface area contributed by atoms with E-state index in [1.807, 2.05) is 51.4 Å². The lowest BCUT2D eigenvalue weighted by molar-refractivity contribution is 0.327. The van der Waals surface area contributed by atoms with E-state index in [1.165, 1.54) is 0 Å². The molecule has 2 atom stereocenters. The summed E-state index contributed by atoms with van der Waals surface area (Å²) in [6, 6.07) is 13.7. The number of hydrogen-bond donors (Lipinski definition) is 1. The molecule has 1 aliphatic rings. The fourth-order valence-corrected chi connectivity index (χ4v) is 6.41. The third kappa shape index (κ3) is 4.89. The van der Waals surface area contributed by atoms with Gasteiger partial charge in [0, 0.05) is 48.5 Å². The molecule has 0 saturated carbocycles. The van der Waals surface area contributed by atoms with E-state index in [1.54, 1.807) is 12.4 Å². The minimum atomic E-state index is -1.22. The number of piperidine rings is 1. The van der Waals surface area contributed by atoms with Gasteiger partial charge in [0.25, 0.3) is 0 Å². The molecule has 3 aromatic heterocycles. The van der Waals surface area contributed by atoms with E-state index in [0.717, 1.165) is 55.9 Å². The summed E-state index contributed by atoms with van der Waals surface area (Å²) in [5, 5.41) is 7.96. The van der Waals surface area contributed by atoms with Crippen LogP contribution in [-0.4, -0.2) is 41.2 Å². The fourth-order valence-electron chi connectivity index (χ4n) is 4.05. The van der Waals surface area contributed by atoms with E-state index in [0.29, 0.717) is 13.1 Å². The Balaban J connectivity index is 1.42. The van der Waals surface area contributed by atoms with Gasteiger partial charge in [-0.3, -0.25) is 4.98 Å². The molecular weight excluding hydrogens is 568 g/mol. The summed E-state index contributed by atoms with van der Waals surface area (Å²) in [6.45, 7) is 2.12. The van der Waals surface area contributed by atoms with Gasteiger partial charge < -0.3 is 5.32 Å². The summed E-state index contributed by atoms with van der Waals surface area (Å²) in [5.74, 6) is 1.05. The van der Waals surface area contributed by atoms with Crippen LogP contribution >= 0.6 is 31.9 Å². The normalized spacial score (nSPS) is 17.8. The first kappa shape index (κ1) is 22.6. The zero-order chi connectivity index (χ0) is 22.8. The zero-order valence-electron chi connectivity index (χ0n) is 17.7. The van der Waals surface area contributed by atoms with Crippen LogP contribution in [0.1, 0.15) is 30.0 Å². The Hall–Kier alpha value is -2.14. The number of hydrogen-bond acceptors (Lipinski definition) is 5. The van der Waals surface area contributed by atoms with Crippen molar-refractivity contribution in [3.63, 3.8) is 0 Å². The van der Waals surface area contributed by atoms with Crippen LogP contribution in [0.15, 0.2) is 74.9 Å². The van der Waals surface area contributed by atoms with Gasteiger partial charge in [0.1, 0.15) is 16.8 Å². The molecule has 0 amide bonds. The first-order valence-corrected chi connectivity index (χ1v) is 13.4. The van der Waals surface area contributed by atoms with Gasteiger partial charge in [0.15, 0.2) is 5.65 Å². The summed E-state index contributed by atoms with van der Waals surface area (Å²) in [5.41, 5.74) is 2.83. The number of anilines is 1. The van der Waals surface area contributed by atoms with Gasteiger partial charge >= 0.3 is 0 Å². The first-order chi connectivity index (χ1) is 16.1. The molecule has 5 rings (SSSR count). The number of aromatic nitrogens is 4. The van der Waals surface area contributed by atoms with Crippen molar-refractivity contribution in [2.75, 3.05) is 18.4 Å². The van der Waals surface area contributed by atoms with Crippen LogP contribution in [0.3, 0.4) is 0 Å². The smallest absolute Gasteiger partial charge is 0.171 e. The molecule has 0 radical (unpaired) electrons. The second-order valence-electron chi connectivity index (χ2n) is 7.92. The van der Waals surface area contributed by atoms with Crippen LogP contribution in [0, 0.1) is 0 Å². The minimum absolute atomic E-state index is 0.177. The van der Waals surface area contributed by atoms with Crippen molar-refractivity contribution in [1.82, 2.24) is 23.9 Å². The standard InChI is InChI=1S/C23H22Br2N6OS/c24-18-7-1-2-8-21(18)33(32)30-10-4-6-17(15-30)20-11-22(27-13-16-5-3-9-26-12-16)31-23(29-20)19(25)14-28-31/h1-3,5,7-9,11-12,14,17,27H,4,6,10,13,15H2. The first-order valence-electron chi connectivity index (χ1n) is 10.7. The average molecular weight is 590 g/mol. The molecule has 1 aliphatic heterocycles. The maximum atomic E-state index is 13.3.